The number of anilines is 1. The fourth-order valence-corrected chi connectivity index (χ4v) is 6.96. The number of para-hydroxylation sites is 1. The van der Waals surface area contributed by atoms with Gasteiger partial charge in [0, 0.05) is 23.6 Å². The van der Waals surface area contributed by atoms with Crippen LogP contribution >= 0.6 is 0 Å². The lowest BCUT2D eigenvalue weighted by Crippen LogP contribution is -2.41. The number of aromatic nitrogens is 2. The van der Waals surface area contributed by atoms with Gasteiger partial charge in [-0.05, 0) is 55.4 Å². The molecular formula is C36H40N4O7. The van der Waals surface area contributed by atoms with Crippen LogP contribution in [-0.4, -0.2) is 44.2 Å². The van der Waals surface area contributed by atoms with Gasteiger partial charge in [-0.1, -0.05) is 58.0 Å². The van der Waals surface area contributed by atoms with Crippen molar-refractivity contribution in [2.75, 3.05) is 5.32 Å². The van der Waals surface area contributed by atoms with Gasteiger partial charge in [-0.15, -0.1) is 0 Å². The third-order valence-electron chi connectivity index (χ3n) is 9.57. The number of hydrogen-bond acceptors (Lipinski definition) is 10. The number of Topliss-reactive ketones (excluding diaryl/α,β-unsaturated/α-hetero) is 1. The average Bonchev–Trinajstić information content (AvgIpc) is 3.79. The number of fused-ring (bicyclic) bond motifs is 4. The summed E-state index contributed by atoms with van der Waals surface area (Å²) in [6, 6.07) is 13.0. The van der Waals surface area contributed by atoms with Crippen LogP contribution in [0.2, 0.25) is 0 Å². The number of ether oxygens (including phenoxy) is 1. The second-order valence-corrected chi connectivity index (χ2v) is 14.1. The Morgan fingerprint density at radius 1 is 1.09 bits per heavy atom. The van der Waals surface area contributed by atoms with Crippen molar-refractivity contribution in [3.8, 4) is 17.3 Å². The summed E-state index contributed by atoms with van der Waals surface area (Å²) in [6.45, 7) is 10.7. The van der Waals surface area contributed by atoms with Crippen LogP contribution in [0.1, 0.15) is 88.0 Å². The van der Waals surface area contributed by atoms with E-state index in [0.717, 1.165) is 22.4 Å². The minimum atomic E-state index is -1.27. The van der Waals surface area contributed by atoms with E-state index in [9.17, 15) is 19.8 Å². The molecule has 0 saturated carbocycles. The van der Waals surface area contributed by atoms with Gasteiger partial charge in [-0.3, -0.25) is 9.59 Å². The summed E-state index contributed by atoms with van der Waals surface area (Å²) < 4.78 is 19.4. The van der Waals surface area contributed by atoms with E-state index >= 15 is 0 Å². The number of amides is 1. The highest BCUT2D eigenvalue weighted by atomic mass is 16.5. The standard InChI is InChI=1S/C36H40N4O7/c1-17(2)27-33-40-28(32-38-26(16-45-32)35(5,6)44)30(47-33)36-21-9-7-8-10-23(21)37-34(36)46-25-12-11-19(14-22(25)36)13-20(31(43)39-27)15-24(41)29(42)18(3)4/h7-12,14,16-18,20,27,29,34,37,42,44H,13,15H2,1-6H3,(H,39,43)/t20?,27-,29-,34-,36?/m0/s1. The number of hydrogen-bond donors (Lipinski definition) is 4. The van der Waals surface area contributed by atoms with E-state index in [1.165, 1.54) is 6.26 Å². The van der Waals surface area contributed by atoms with Crippen LogP contribution in [-0.2, 0) is 27.0 Å². The lowest BCUT2D eigenvalue weighted by atomic mass is 9.72. The predicted octanol–water partition coefficient (Wildman–Crippen LogP) is 5.00. The fourth-order valence-electron chi connectivity index (χ4n) is 6.96. The van der Waals surface area contributed by atoms with E-state index in [2.05, 4.69) is 15.6 Å². The van der Waals surface area contributed by atoms with Gasteiger partial charge in [0.25, 0.3) is 0 Å². The first-order valence-electron chi connectivity index (χ1n) is 16.2. The van der Waals surface area contributed by atoms with Crippen molar-refractivity contribution in [2.45, 2.75) is 83.8 Å². The van der Waals surface area contributed by atoms with Crippen LogP contribution < -0.4 is 15.4 Å². The molecule has 4 aromatic rings. The number of nitrogens with one attached hydrogen (secondary N) is 2. The van der Waals surface area contributed by atoms with Crippen LogP contribution in [0.4, 0.5) is 5.69 Å². The van der Waals surface area contributed by atoms with Crippen molar-refractivity contribution in [1.82, 2.24) is 15.3 Å². The summed E-state index contributed by atoms with van der Waals surface area (Å²) in [5.41, 5.74) is 1.77. The summed E-state index contributed by atoms with van der Waals surface area (Å²) in [4.78, 5) is 36.8. The Kier molecular flexibility index (Phi) is 7.32. The van der Waals surface area contributed by atoms with Crippen molar-refractivity contribution in [3.63, 3.8) is 0 Å². The molecule has 0 aliphatic carbocycles. The molecular weight excluding hydrogens is 600 g/mol. The Bertz CT molecular complexity index is 1870. The van der Waals surface area contributed by atoms with Gasteiger partial charge in [-0.25, -0.2) is 9.97 Å². The minimum Gasteiger partial charge on any atom is -0.469 e. The summed E-state index contributed by atoms with van der Waals surface area (Å²) >= 11 is 0. The first-order valence-corrected chi connectivity index (χ1v) is 16.2. The van der Waals surface area contributed by atoms with E-state index in [0.29, 0.717) is 22.9 Å². The van der Waals surface area contributed by atoms with Crippen LogP contribution in [0, 0.1) is 17.8 Å². The zero-order valence-electron chi connectivity index (χ0n) is 27.3. The molecule has 2 aromatic heterocycles. The molecule has 5 heterocycles. The van der Waals surface area contributed by atoms with E-state index < -0.39 is 35.3 Å². The third-order valence-corrected chi connectivity index (χ3v) is 9.57. The molecule has 4 N–H and O–H groups in total. The summed E-state index contributed by atoms with van der Waals surface area (Å²) in [5, 5.41) is 27.9. The van der Waals surface area contributed by atoms with Crippen molar-refractivity contribution in [2.24, 2.45) is 17.8 Å². The van der Waals surface area contributed by atoms with Crippen LogP contribution in [0.25, 0.3) is 11.6 Å². The third kappa shape index (κ3) is 4.94. The highest BCUT2D eigenvalue weighted by Crippen LogP contribution is 2.59. The van der Waals surface area contributed by atoms with E-state index in [1.54, 1.807) is 27.7 Å². The second kappa shape index (κ2) is 11.1. The molecule has 4 bridgehead atoms. The Labute approximate surface area is 272 Å². The van der Waals surface area contributed by atoms with Crippen LogP contribution in [0.3, 0.4) is 0 Å². The fraction of sp³-hybridized carbons (Fsp3) is 0.444. The first-order chi connectivity index (χ1) is 22.3. The highest BCUT2D eigenvalue weighted by molar-refractivity contribution is 5.89. The summed E-state index contributed by atoms with van der Waals surface area (Å²) in [6.07, 6.45) is -0.231. The largest absolute Gasteiger partial charge is 0.469 e. The molecule has 11 nitrogen and oxygen atoms in total. The number of rotatable bonds is 7. The van der Waals surface area contributed by atoms with E-state index in [-0.39, 0.29) is 48.1 Å². The van der Waals surface area contributed by atoms with Crippen molar-refractivity contribution >= 4 is 17.4 Å². The predicted molar refractivity (Wildman–Crippen MR) is 171 cm³/mol. The van der Waals surface area contributed by atoms with E-state index in [4.69, 9.17) is 18.6 Å². The number of carbonyl (C=O) groups excluding carboxylic acids is 2. The van der Waals surface area contributed by atoms with Gasteiger partial charge in [0.1, 0.15) is 40.9 Å². The molecule has 246 valence electrons. The number of benzene rings is 2. The number of ketones is 1. The number of nitrogens with zero attached hydrogens (tertiary/aromatic N) is 2. The molecule has 0 fully saturated rings. The van der Waals surface area contributed by atoms with Gasteiger partial charge >= 0.3 is 0 Å². The topological polar surface area (TPSA) is 160 Å². The van der Waals surface area contributed by atoms with Gasteiger partial charge in [0.15, 0.2) is 23.5 Å². The summed E-state index contributed by atoms with van der Waals surface area (Å²) in [7, 11) is 0. The number of aliphatic hydroxyl groups excluding tert-OH is 1. The van der Waals surface area contributed by atoms with Gasteiger partial charge in [-0.2, -0.15) is 0 Å². The van der Waals surface area contributed by atoms with Gasteiger partial charge < -0.3 is 34.4 Å². The summed E-state index contributed by atoms with van der Waals surface area (Å²) in [5.74, 6) is -0.441. The molecule has 11 heteroatoms. The van der Waals surface area contributed by atoms with Crippen molar-refractivity contribution in [3.05, 3.63) is 82.8 Å². The maximum absolute atomic E-state index is 14.0. The monoisotopic (exact) mass is 640 g/mol. The zero-order chi connectivity index (χ0) is 33.4. The van der Waals surface area contributed by atoms with E-state index in [1.807, 2.05) is 56.3 Å². The molecule has 1 amide bonds. The molecule has 5 atom stereocenters. The van der Waals surface area contributed by atoms with Gasteiger partial charge in [0.2, 0.25) is 17.7 Å². The van der Waals surface area contributed by atoms with Gasteiger partial charge in [0.05, 0.1) is 0 Å². The average molecular weight is 641 g/mol. The van der Waals surface area contributed by atoms with Crippen LogP contribution in [0.15, 0.2) is 57.6 Å². The number of carbonyl (C=O) groups is 2. The molecule has 3 aliphatic rings. The number of oxazole rings is 2. The maximum Gasteiger partial charge on any atom is 0.249 e. The molecule has 2 aromatic carbocycles. The molecule has 1 spiro atoms. The Balaban J connectivity index is 1.48. The Morgan fingerprint density at radius 2 is 1.85 bits per heavy atom. The molecule has 3 aliphatic heterocycles. The van der Waals surface area contributed by atoms with Crippen LogP contribution in [0.5, 0.6) is 5.75 Å². The number of aliphatic hydroxyl groups is 2. The Morgan fingerprint density at radius 3 is 2.55 bits per heavy atom. The smallest absolute Gasteiger partial charge is 0.249 e. The zero-order valence-corrected chi connectivity index (χ0v) is 27.3. The second-order valence-electron chi connectivity index (χ2n) is 14.1. The lowest BCUT2D eigenvalue weighted by Gasteiger charge is -2.28. The Hall–Kier alpha value is -4.48. The normalized spacial score (nSPS) is 23.7. The molecule has 0 radical (unpaired) electrons. The highest BCUT2D eigenvalue weighted by Gasteiger charge is 2.61. The molecule has 2 unspecified atom stereocenters. The quantitative estimate of drug-likeness (QED) is 0.217. The lowest BCUT2D eigenvalue weighted by molar-refractivity contribution is -0.135. The SMILES string of the molecule is CC(C)[C@H](O)C(=O)CC1Cc2ccc3c(c2)C2(c4ccccc4N[C@H]2O3)c2oc(nc2-c2nc(C(C)(C)O)co2)[C@H](C(C)C)NC1=O. The van der Waals surface area contributed by atoms with Crippen molar-refractivity contribution < 1.29 is 33.4 Å². The minimum absolute atomic E-state index is 0.125. The molecule has 7 rings (SSSR count). The first kappa shape index (κ1) is 31.1. The molecule has 0 saturated heterocycles. The van der Waals surface area contributed by atoms with Crippen molar-refractivity contribution in [1.29, 1.82) is 0 Å². The maximum atomic E-state index is 14.0. The molecule has 47 heavy (non-hydrogen) atoms.